The molecule has 2 fully saturated rings. The summed E-state index contributed by atoms with van der Waals surface area (Å²) in [5, 5.41) is 0.724. The summed E-state index contributed by atoms with van der Waals surface area (Å²) in [6.45, 7) is -0.104. The molecule has 6 nitrogen and oxygen atoms in total. The van der Waals surface area contributed by atoms with E-state index in [2.05, 4.69) is 11.1 Å². The van der Waals surface area contributed by atoms with Crippen LogP contribution in [0.1, 0.15) is 66.8 Å². The van der Waals surface area contributed by atoms with Gasteiger partial charge < -0.3 is 4.90 Å². The fraction of sp³-hybridized carbons (Fsp3) is 0.545. The summed E-state index contributed by atoms with van der Waals surface area (Å²) >= 11 is 0. The Hall–Kier alpha value is -2.20. The van der Waals surface area contributed by atoms with E-state index in [0.29, 0.717) is 36.4 Å². The summed E-state index contributed by atoms with van der Waals surface area (Å²) in [5.41, 5.74) is -3.07. The SMILES string of the molecule is O=C(c1ccnc2ccc(C3CCCCC3)cc12)N1CCCC1CNS(=O)(=O)C(F)(F)F. The van der Waals surface area contributed by atoms with Crippen molar-refractivity contribution in [3.63, 3.8) is 0 Å². The first kappa shape index (κ1) is 23.0. The number of hydrogen-bond donors (Lipinski definition) is 1. The summed E-state index contributed by atoms with van der Waals surface area (Å²) < 4.78 is 62.3. The van der Waals surface area contributed by atoms with Gasteiger partial charge in [-0.3, -0.25) is 9.78 Å². The van der Waals surface area contributed by atoms with Crippen LogP contribution in [-0.4, -0.2) is 48.8 Å². The van der Waals surface area contributed by atoms with Gasteiger partial charge in [0.2, 0.25) is 0 Å². The number of fused-ring (bicyclic) bond motifs is 1. The molecule has 2 aromatic rings. The van der Waals surface area contributed by atoms with Gasteiger partial charge in [0.15, 0.2) is 0 Å². The Balaban J connectivity index is 1.58. The number of sulfonamides is 1. The number of nitrogens with zero attached hydrogens (tertiary/aromatic N) is 2. The second-order valence-corrected chi connectivity index (χ2v) is 10.3. The largest absolute Gasteiger partial charge is 0.511 e. The minimum Gasteiger partial charge on any atom is -0.334 e. The van der Waals surface area contributed by atoms with Gasteiger partial charge in [-0.15, -0.1) is 0 Å². The molecular formula is C22H26F3N3O3S. The molecule has 0 bridgehead atoms. The van der Waals surface area contributed by atoms with Crippen LogP contribution in [0.4, 0.5) is 13.2 Å². The highest BCUT2D eigenvalue weighted by Gasteiger charge is 2.46. The van der Waals surface area contributed by atoms with Gasteiger partial charge in [-0.05, 0) is 55.4 Å². The van der Waals surface area contributed by atoms with Crippen LogP contribution >= 0.6 is 0 Å². The average Bonchev–Trinajstić information content (AvgIpc) is 3.25. The third-order valence-corrected chi connectivity index (χ3v) is 7.68. The van der Waals surface area contributed by atoms with Crippen LogP contribution in [0.5, 0.6) is 0 Å². The van der Waals surface area contributed by atoms with Crippen LogP contribution < -0.4 is 4.72 Å². The fourth-order valence-electron chi connectivity index (χ4n) is 4.80. The van der Waals surface area contributed by atoms with Crippen LogP contribution in [0.25, 0.3) is 10.9 Å². The standard InChI is InChI=1S/C22H26F3N3O3S/c23-22(24,25)32(30,31)27-14-17-7-4-12-28(17)21(29)18-10-11-26-20-9-8-16(13-19(18)20)15-5-2-1-3-6-15/h8-11,13,15,17,27H,1-7,12,14H2. The molecule has 2 heterocycles. The molecule has 10 heteroatoms. The zero-order chi connectivity index (χ0) is 22.9. The quantitative estimate of drug-likeness (QED) is 0.707. The van der Waals surface area contributed by atoms with Crippen molar-refractivity contribution < 1.29 is 26.4 Å². The first-order chi connectivity index (χ1) is 15.2. The Morgan fingerprint density at radius 2 is 1.84 bits per heavy atom. The number of benzene rings is 1. The van der Waals surface area contributed by atoms with Crippen LogP contribution in [-0.2, 0) is 10.0 Å². The predicted molar refractivity (Wildman–Crippen MR) is 115 cm³/mol. The number of likely N-dealkylation sites (tertiary alicyclic amines) is 1. The lowest BCUT2D eigenvalue weighted by molar-refractivity contribution is -0.0448. The highest BCUT2D eigenvalue weighted by Crippen LogP contribution is 2.34. The lowest BCUT2D eigenvalue weighted by Crippen LogP contribution is -2.46. The Bertz CT molecular complexity index is 1100. The molecule has 1 saturated carbocycles. The maximum atomic E-state index is 13.4. The highest BCUT2D eigenvalue weighted by atomic mass is 32.2. The van der Waals surface area contributed by atoms with E-state index < -0.39 is 28.1 Å². The Morgan fingerprint density at radius 3 is 2.56 bits per heavy atom. The second-order valence-electron chi connectivity index (χ2n) is 8.56. The number of rotatable bonds is 5. The third-order valence-electron chi connectivity index (χ3n) is 6.52. The molecule has 0 spiro atoms. The Kier molecular flexibility index (Phi) is 6.44. The lowest BCUT2D eigenvalue weighted by atomic mass is 9.83. The molecule has 1 aromatic carbocycles. The van der Waals surface area contributed by atoms with E-state index in [-0.39, 0.29) is 5.91 Å². The van der Waals surface area contributed by atoms with Crippen molar-refractivity contribution in [3.8, 4) is 0 Å². The zero-order valence-corrected chi connectivity index (χ0v) is 18.4. The van der Waals surface area contributed by atoms with Gasteiger partial charge in [-0.2, -0.15) is 13.2 Å². The lowest BCUT2D eigenvalue weighted by Gasteiger charge is -2.26. The fourth-order valence-corrected chi connectivity index (χ4v) is 5.37. The van der Waals surface area contributed by atoms with Gasteiger partial charge in [-0.25, -0.2) is 13.1 Å². The highest BCUT2D eigenvalue weighted by molar-refractivity contribution is 7.90. The first-order valence-electron chi connectivity index (χ1n) is 10.9. The summed E-state index contributed by atoms with van der Waals surface area (Å²) in [6, 6.07) is 6.98. The maximum absolute atomic E-state index is 13.4. The van der Waals surface area contributed by atoms with Gasteiger partial charge in [0.05, 0.1) is 11.1 Å². The molecule has 1 unspecified atom stereocenters. The van der Waals surface area contributed by atoms with Crippen molar-refractivity contribution in [2.75, 3.05) is 13.1 Å². The summed E-state index contributed by atoms with van der Waals surface area (Å²) in [6.07, 6.45) is 8.42. The van der Waals surface area contributed by atoms with Crippen molar-refractivity contribution in [1.82, 2.24) is 14.6 Å². The van der Waals surface area contributed by atoms with Gasteiger partial charge in [0.25, 0.3) is 5.91 Å². The van der Waals surface area contributed by atoms with Gasteiger partial charge in [-0.1, -0.05) is 25.3 Å². The molecule has 1 aromatic heterocycles. The smallest absolute Gasteiger partial charge is 0.334 e. The van der Waals surface area contributed by atoms with Gasteiger partial charge in [0.1, 0.15) is 0 Å². The molecule has 174 valence electrons. The third kappa shape index (κ3) is 4.61. The minimum atomic E-state index is -5.45. The summed E-state index contributed by atoms with van der Waals surface area (Å²) in [7, 11) is -5.45. The number of nitrogens with one attached hydrogen (secondary N) is 1. The van der Waals surface area contributed by atoms with E-state index in [4.69, 9.17) is 0 Å². The second kappa shape index (κ2) is 8.97. The number of aromatic nitrogens is 1. The van der Waals surface area contributed by atoms with Gasteiger partial charge >= 0.3 is 15.5 Å². The molecule has 2 aliphatic rings. The summed E-state index contributed by atoms with van der Waals surface area (Å²) in [5.74, 6) is 0.138. The molecular weight excluding hydrogens is 443 g/mol. The van der Waals surface area contributed by atoms with Crippen molar-refractivity contribution in [2.45, 2.75) is 62.4 Å². The molecule has 1 amide bonds. The number of pyridine rings is 1. The number of alkyl halides is 3. The average molecular weight is 470 g/mol. The molecule has 1 N–H and O–H groups in total. The normalized spacial score (nSPS) is 20.7. The van der Waals surface area contributed by atoms with Crippen LogP contribution in [0.2, 0.25) is 0 Å². The monoisotopic (exact) mass is 469 g/mol. The van der Waals surface area contributed by atoms with Crippen molar-refractivity contribution >= 4 is 26.8 Å². The molecule has 1 saturated heterocycles. The van der Waals surface area contributed by atoms with E-state index in [1.165, 1.54) is 29.7 Å². The number of amides is 1. The van der Waals surface area contributed by atoms with E-state index in [1.807, 2.05) is 12.1 Å². The van der Waals surface area contributed by atoms with Crippen LogP contribution in [0.3, 0.4) is 0 Å². The number of carbonyl (C=O) groups excluding carboxylic acids is 1. The van der Waals surface area contributed by atoms with Gasteiger partial charge in [0, 0.05) is 30.7 Å². The van der Waals surface area contributed by atoms with Crippen molar-refractivity contribution in [1.29, 1.82) is 0 Å². The van der Waals surface area contributed by atoms with Crippen molar-refractivity contribution in [3.05, 3.63) is 41.6 Å². The number of halogens is 3. The van der Waals surface area contributed by atoms with Crippen LogP contribution in [0, 0.1) is 0 Å². The topological polar surface area (TPSA) is 79.4 Å². The zero-order valence-electron chi connectivity index (χ0n) is 17.6. The molecule has 1 aliphatic carbocycles. The Labute approximate surface area is 185 Å². The number of carbonyl (C=O) groups is 1. The van der Waals surface area contributed by atoms with E-state index >= 15 is 0 Å². The maximum Gasteiger partial charge on any atom is 0.511 e. The molecule has 1 atom stereocenters. The molecule has 0 radical (unpaired) electrons. The molecule has 1 aliphatic heterocycles. The van der Waals surface area contributed by atoms with E-state index in [0.717, 1.165) is 18.2 Å². The van der Waals surface area contributed by atoms with Crippen molar-refractivity contribution in [2.24, 2.45) is 0 Å². The number of hydrogen-bond acceptors (Lipinski definition) is 4. The molecule has 32 heavy (non-hydrogen) atoms. The predicted octanol–water partition coefficient (Wildman–Crippen LogP) is 4.33. The van der Waals surface area contributed by atoms with E-state index in [9.17, 15) is 26.4 Å². The first-order valence-corrected chi connectivity index (χ1v) is 12.4. The molecule has 4 rings (SSSR count). The summed E-state index contributed by atoms with van der Waals surface area (Å²) in [4.78, 5) is 19.2. The minimum absolute atomic E-state index is 0.313. The Morgan fingerprint density at radius 1 is 1.09 bits per heavy atom. The van der Waals surface area contributed by atoms with E-state index in [1.54, 1.807) is 17.0 Å². The van der Waals surface area contributed by atoms with Crippen LogP contribution in [0.15, 0.2) is 30.5 Å².